The van der Waals surface area contributed by atoms with Crippen LogP contribution < -0.4 is 21.3 Å². The maximum atomic E-state index is 12.5. The van der Waals surface area contributed by atoms with Crippen LogP contribution in [-0.4, -0.2) is 36.7 Å². The van der Waals surface area contributed by atoms with Gasteiger partial charge in [0.05, 0.1) is 0 Å². The van der Waals surface area contributed by atoms with Gasteiger partial charge in [-0.15, -0.1) is 0 Å². The molecule has 1 aliphatic rings. The smallest absolute Gasteiger partial charge is 0.316 e. The molecule has 124 valence electrons. The molecule has 1 aromatic heterocycles. The first-order chi connectivity index (χ1) is 10.2. The molecule has 2 rings (SSSR count). The summed E-state index contributed by atoms with van der Waals surface area (Å²) in [5, 5.41) is 3.23. The molecule has 9 heteroatoms. The van der Waals surface area contributed by atoms with Crippen LogP contribution in [0.2, 0.25) is 0 Å². The van der Waals surface area contributed by atoms with Crippen molar-refractivity contribution in [3.8, 4) is 0 Å². The minimum Gasteiger partial charge on any atom is -0.316 e. The topological polar surface area (TPSA) is 102 Å². The summed E-state index contributed by atoms with van der Waals surface area (Å²) in [7, 11) is -1.30. The molecule has 0 bridgehead atoms. The summed E-state index contributed by atoms with van der Waals surface area (Å²) in [4.78, 5) is 23.3. The van der Waals surface area contributed by atoms with Gasteiger partial charge in [0, 0.05) is 26.3 Å². The van der Waals surface area contributed by atoms with Gasteiger partial charge in [-0.05, 0) is 38.8 Å². The van der Waals surface area contributed by atoms with Gasteiger partial charge in [-0.2, -0.15) is 0 Å². The predicted octanol–water partition coefficient (Wildman–Crippen LogP) is -1.25. The molecule has 2 unspecified atom stereocenters. The number of nitrogens with one attached hydrogen (secondary N) is 2. The summed E-state index contributed by atoms with van der Waals surface area (Å²) in [5.41, 5.74) is -1.38. The maximum Gasteiger partial charge on any atom is 0.330 e. The fraction of sp³-hybridized carbons (Fsp3) is 0.692. The number of sulfonamides is 1. The average Bonchev–Trinajstić information content (AvgIpc) is 2.49. The lowest BCUT2D eigenvalue weighted by molar-refractivity contribution is 0.320. The van der Waals surface area contributed by atoms with Gasteiger partial charge in [-0.25, -0.2) is 17.9 Å². The van der Waals surface area contributed by atoms with Crippen molar-refractivity contribution in [3.05, 3.63) is 27.0 Å². The molecule has 2 heterocycles. The van der Waals surface area contributed by atoms with Crippen LogP contribution in [-0.2, 0) is 24.1 Å². The predicted molar refractivity (Wildman–Crippen MR) is 82.3 cm³/mol. The molecule has 8 nitrogen and oxygen atoms in total. The van der Waals surface area contributed by atoms with Crippen LogP contribution >= 0.6 is 0 Å². The van der Waals surface area contributed by atoms with Crippen molar-refractivity contribution in [2.45, 2.75) is 30.7 Å². The zero-order chi connectivity index (χ0) is 16.5. The second kappa shape index (κ2) is 6.35. The molecule has 2 atom stereocenters. The molecule has 22 heavy (non-hydrogen) atoms. The van der Waals surface area contributed by atoms with E-state index in [-0.39, 0.29) is 12.0 Å². The van der Waals surface area contributed by atoms with E-state index >= 15 is 0 Å². The zero-order valence-electron chi connectivity index (χ0n) is 13.0. The standard InChI is InChI=1S/C13H22N4O4S/c1-9(10-5-4-6-14-7-10)15-22(20,21)11-8-16(2)13(19)17(3)12(11)18/h8-10,14-15H,4-7H2,1-3H3. The Labute approximate surface area is 129 Å². The number of aromatic nitrogens is 2. The molecular weight excluding hydrogens is 308 g/mol. The summed E-state index contributed by atoms with van der Waals surface area (Å²) in [6, 6.07) is -0.292. The highest BCUT2D eigenvalue weighted by molar-refractivity contribution is 7.89. The molecule has 0 saturated carbocycles. The summed E-state index contributed by atoms with van der Waals surface area (Å²) >= 11 is 0. The number of hydrogen-bond acceptors (Lipinski definition) is 5. The summed E-state index contributed by atoms with van der Waals surface area (Å²) in [6.45, 7) is 3.48. The van der Waals surface area contributed by atoms with Crippen LogP contribution in [0.1, 0.15) is 19.8 Å². The Kier molecular flexibility index (Phi) is 4.88. The Balaban J connectivity index is 2.31. The fourth-order valence-corrected chi connectivity index (χ4v) is 4.14. The molecule has 0 aliphatic carbocycles. The van der Waals surface area contributed by atoms with E-state index in [1.54, 1.807) is 6.92 Å². The van der Waals surface area contributed by atoms with Crippen molar-refractivity contribution in [1.29, 1.82) is 0 Å². The Morgan fingerprint density at radius 2 is 2.05 bits per heavy atom. The van der Waals surface area contributed by atoms with Crippen molar-refractivity contribution < 1.29 is 8.42 Å². The quantitative estimate of drug-likeness (QED) is 0.718. The van der Waals surface area contributed by atoms with E-state index in [0.717, 1.165) is 41.3 Å². The van der Waals surface area contributed by atoms with E-state index in [4.69, 9.17) is 0 Å². The van der Waals surface area contributed by atoms with E-state index in [1.165, 1.54) is 14.1 Å². The Bertz CT molecular complexity index is 759. The number of aryl methyl sites for hydroxylation is 1. The van der Waals surface area contributed by atoms with E-state index in [0.29, 0.717) is 0 Å². The van der Waals surface area contributed by atoms with Gasteiger partial charge < -0.3 is 9.88 Å². The van der Waals surface area contributed by atoms with Gasteiger partial charge in [-0.3, -0.25) is 9.36 Å². The van der Waals surface area contributed by atoms with E-state index in [9.17, 15) is 18.0 Å². The fourth-order valence-electron chi connectivity index (χ4n) is 2.67. The molecule has 0 aromatic carbocycles. The minimum atomic E-state index is -3.97. The van der Waals surface area contributed by atoms with Crippen LogP contribution in [0.5, 0.6) is 0 Å². The number of nitrogens with zero attached hydrogens (tertiary/aromatic N) is 2. The van der Waals surface area contributed by atoms with E-state index in [2.05, 4.69) is 10.0 Å². The van der Waals surface area contributed by atoms with Gasteiger partial charge in [0.25, 0.3) is 5.56 Å². The molecule has 1 aromatic rings. The normalized spacial score (nSPS) is 20.8. The maximum absolute atomic E-state index is 12.5. The van der Waals surface area contributed by atoms with Crippen molar-refractivity contribution in [1.82, 2.24) is 19.2 Å². The van der Waals surface area contributed by atoms with Gasteiger partial charge in [0.1, 0.15) is 0 Å². The van der Waals surface area contributed by atoms with Crippen molar-refractivity contribution >= 4 is 10.0 Å². The van der Waals surface area contributed by atoms with Crippen LogP contribution in [0.25, 0.3) is 0 Å². The lowest BCUT2D eigenvalue weighted by Crippen LogP contribution is -2.47. The lowest BCUT2D eigenvalue weighted by Gasteiger charge is -2.28. The third kappa shape index (κ3) is 3.31. The number of piperidine rings is 1. The molecule has 2 N–H and O–H groups in total. The van der Waals surface area contributed by atoms with Crippen LogP contribution in [0, 0.1) is 5.92 Å². The van der Waals surface area contributed by atoms with Crippen molar-refractivity contribution in [3.63, 3.8) is 0 Å². The summed E-state index contributed by atoms with van der Waals surface area (Å²) < 4.78 is 29.4. The molecular formula is C13H22N4O4S. The molecule has 0 spiro atoms. The summed E-state index contributed by atoms with van der Waals surface area (Å²) in [6.07, 6.45) is 3.00. The molecule has 1 saturated heterocycles. The number of hydrogen-bond donors (Lipinski definition) is 2. The van der Waals surface area contributed by atoms with Gasteiger partial charge in [-0.1, -0.05) is 0 Å². The third-order valence-electron chi connectivity index (χ3n) is 4.09. The first-order valence-electron chi connectivity index (χ1n) is 7.23. The minimum absolute atomic E-state index is 0.180. The highest BCUT2D eigenvalue weighted by atomic mass is 32.2. The highest BCUT2D eigenvalue weighted by Crippen LogP contribution is 2.15. The Morgan fingerprint density at radius 1 is 1.36 bits per heavy atom. The molecule has 1 aliphatic heterocycles. The second-order valence-corrected chi connectivity index (χ2v) is 7.45. The zero-order valence-corrected chi connectivity index (χ0v) is 13.8. The van der Waals surface area contributed by atoms with E-state index in [1.807, 2.05) is 0 Å². The van der Waals surface area contributed by atoms with E-state index < -0.39 is 26.2 Å². The van der Waals surface area contributed by atoms with Crippen LogP contribution in [0.3, 0.4) is 0 Å². The summed E-state index contributed by atoms with van der Waals surface area (Å²) in [5.74, 6) is 0.180. The molecule has 0 radical (unpaired) electrons. The van der Waals surface area contributed by atoms with Gasteiger partial charge in [0.15, 0.2) is 4.90 Å². The third-order valence-corrected chi connectivity index (χ3v) is 5.63. The molecule has 0 amide bonds. The monoisotopic (exact) mass is 330 g/mol. The largest absolute Gasteiger partial charge is 0.330 e. The first-order valence-corrected chi connectivity index (χ1v) is 8.72. The Morgan fingerprint density at radius 3 is 2.64 bits per heavy atom. The lowest BCUT2D eigenvalue weighted by atomic mass is 9.94. The SMILES string of the molecule is CC(NS(=O)(=O)c1cn(C)c(=O)n(C)c1=O)C1CCCNC1. The number of rotatable bonds is 4. The van der Waals surface area contributed by atoms with Crippen LogP contribution in [0.15, 0.2) is 20.7 Å². The van der Waals surface area contributed by atoms with Gasteiger partial charge >= 0.3 is 5.69 Å². The van der Waals surface area contributed by atoms with Crippen molar-refractivity contribution in [2.75, 3.05) is 13.1 Å². The molecule has 1 fully saturated rings. The van der Waals surface area contributed by atoms with Crippen molar-refractivity contribution in [2.24, 2.45) is 20.0 Å². The Hall–Kier alpha value is -1.45. The second-order valence-electron chi connectivity index (χ2n) is 5.77. The van der Waals surface area contributed by atoms with Gasteiger partial charge in [0.2, 0.25) is 10.0 Å². The van der Waals surface area contributed by atoms with Crippen LogP contribution in [0.4, 0.5) is 0 Å². The average molecular weight is 330 g/mol. The first kappa shape index (κ1) is 16.9. The highest BCUT2D eigenvalue weighted by Gasteiger charge is 2.27.